The average Bonchev–Trinajstić information content (AvgIpc) is 3.12. The molecule has 0 aliphatic heterocycles. The number of carbonyl (C=O) groups is 1. The van der Waals surface area contributed by atoms with E-state index in [1.54, 1.807) is 31.8 Å². The first-order valence-corrected chi connectivity index (χ1v) is 8.27. The molecule has 0 atom stereocenters. The zero-order valence-corrected chi connectivity index (χ0v) is 14.5. The summed E-state index contributed by atoms with van der Waals surface area (Å²) in [5.41, 5.74) is 1.05. The highest BCUT2D eigenvalue weighted by molar-refractivity contribution is 7.11. The van der Waals surface area contributed by atoms with E-state index in [1.165, 1.54) is 0 Å². The van der Waals surface area contributed by atoms with E-state index in [-0.39, 0.29) is 12.5 Å². The number of hydrogen-bond donors (Lipinski definition) is 1. The van der Waals surface area contributed by atoms with Crippen LogP contribution in [0.2, 0.25) is 0 Å². The van der Waals surface area contributed by atoms with Crippen molar-refractivity contribution in [2.75, 3.05) is 27.4 Å². The van der Waals surface area contributed by atoms with Gasteiger partial charge < -0.3 is 19.6 Å². The fraction of sp³-hybridized carbons (Fsp3) is 0.294. The third-order valence-corrected chi connectivity index (χ3v) is 3.98. The molecule has 0 fully saturated rings. The normalized spacial score (nSPS) is 10.6. The molecule has 0 spiro atoms. The first kappa shape index (κ1) is 17.8. The largest absolute Gasteiger partial charge is 0.493 e. The highest BCUT2D eigenvalue weighted by Crippen LogP contribution is 2.27. The maximum absolute atomic E-state index is 11.7. The van der Waals surface area contributed by atoms with Gasteiger partial charge in [-0.25, -0.2) is 0 Å². The van der Waals surface area contributed by atoms with E-state index < -0.39 is 0 Å². The van der Waals surface area contributed by atoms with Crippen LogP contribution in [0.25, 0.3) is 0 Å². The third kappa shape index (κ3) is 5.58. The van der Waals surface area contributed by atoms with E-state index >= 15 is 0 Å². The predicted molar refractivity (Wildman–Crippen MR) is 94.1 cm³/mol. The van der Waals surface area contributed by atoms with Crippen molar-refractivity contribution < 1.29 is 19.1 Å². The van der Waals surface area contributed by atoms with Crippen molar-refractivity contribution in [3.63, 3.8) is 0 Å². The minimum absolute atomic E-state index is 0.103. The summed E-state index contributed by atoms with van der Waals surface area (Å²) in [4.78, 5) is 17.6. The lowest BCUT2D eigenvalue weighted by Gasteiger charge is -2.10. The van der Waals surface area contributed by atoms with Gasteiger partial charge in [-0.2, -0.15) is 0 Å². The Morgan fingerprint density at radius 3 is 2.79 bits per heavy atom. The smallest absolute Gasteiger partial charge is 0.260 e. The number of rotatable bonds is 9. The van der Waals surface area contributed by atoms with Crippen LogP contribution in [0, 0.1) is 0 Å². The number of carbonyl (C=O) groups excluding carboxylic acids is 1. The number of ether oxygens (including phenoxy) is 2. The lowest BCUT2D eigenvalue weighted by molar-refractivity contribution is -0.125. The highest BCUT2D eigenvalue weighted by atomic mass is 32.1. The van der Waals surface area contributed by atoms with Crippen molar-refractivity contribution in [2.45, 2.75) is 6.42 Å². The molecule has 2 rings (SSSR count). The van der Waals surface area contributed by atoms with E-state index in [4.69, 9.17) is 14.3 Å². The molecule has 1 N–H and O–H groups in total. The molecule has 0 bridgehead atoms. The summed E-state index contributed by atoms with van der Waals surface area (Å²) < 4.78 is 10.4. The monoisotopic (exact) mass is 348 g/mol. The molecule has 0 aliphatic rings. The van der Waals surface area contributed by atoms with Crippen molar-refractivity contribution in [2.24, 2.45) is 5.16 Å². The van der Waals surface area contributed by atoms with E-state index in [9.17, 15) is 4.79 Å². The molecule has 0 unspecified atom stereocenters. The topological polar surface area (TPSA) is 69.2 Å². The predicted octanol–water partition coefficient (Wildman–Crippen LogP) is 2.47. The van der Waals surface area contributed by atoms with Crippen molar-refractivity contribution in [1.29, 1.82) is 0 Å². The Morgan fingerprint density at radius 2 is 2.08 bits per heavy atom. The number of hydrogen-bond acceptors (Lipinski definition) is 6. The van der Waals surface area contributed by atoms with Crippen LogP contribution in [-0.4, -0.2) is 39.5 Å². The van der Waals surface area contributed by atoms with Crippen molar-refractivity contribution in [3.8, 4) is 11.5 Å². The molecular weight excluding hydrogens is 328 g/mol. The van der Waals surface area contributed by atoms with Crippen molar-refractivity contribution in [1.82, 2.24) is 5.32 Å². The maximum Gasteiger partial charge on any atom is 0.260 e. The SMILES string of the molecule is COc1ccc(CCNC(=O)CO/N=C/c2cccs2)cc1OC. The van der Waals surface area contributed by atoms with E-state index in [1.807, 2.05) is 35.7 Å². The molecule has 128 valence electrons. The second kappa shape index (κ2) is 9.57. The van der Waals surface area contributed by atoms with Gasteiger partial charge in [0.25, 0.3) is 5.91 Å². The maximum atomic E-state index is 11.7. The van der Waals surface area contributed by atoms with Gasteiger partial charge in [-0.15, -0.1) is 11.3 Å². The van der Waals surface area contributed by atoms with Gasteiger partial charge in [-0.3, -0.25) is 4.79 Å². The second-order valence-electron chi connectivity index (χ2n) is 4.81. The zero-order chi connectivity index (χ0) is 17.2. The van der Waals surface area contributed by atoms with E-state index in [0.29, 0.717) is 24.5 Å². The van der Waals surface area contributed by atoms with Gasteiger partial charge in [0.05, 0.1) is 20.4 Å². The summed E-state index contributed by atoms with van der Waals surface area (Å²) in [6.45, 7) is 0.403. The molecule has 0 aliphatic carbocycles. The molecule has 1 amide bonds. The molecule has 0 saturated heterocycles. The van der Waals surface area contributed by atoms with Crippen molar-refractivity contribution in [3.05, 3.63) is 46.2 Å². The summed E-state index contributed by atoms with van der Waals surface area (Å²) in [6, 6.07) is 9.52. The second-order valence-corrected chi connectivity index (χ2v) is 5.79. The van der Waals surface area contributed by atoms with Gasteiger partial charge in [0, 0.05) is 11.4 Å². The standard InChI is InChI=1S/C17H20N2O4S/c1-21-15-6-5-13(10-16(15)22-2)7-8-18-17(20)12-23-19-11-14-4-3-9-24-14/h3-6,9-11H,7-8,12H2,1-2H3,(H,18,20)/b19-11+. The van der Waals surface area contributed by atoms with Gasteiger partial charge in [0.2, 0.25) is 0 Å². The Labute approximate surface area is 145 Å². The first-order valence-electron chi connectivity index (χ1n) is 7.39. The van der Waals surface area contributed by atoms with Crippen LogP contribution in [-0.2, 0) is 16.1 Å². The number of nitrogens with zero attached hydrogens (tertiary/aromatic N) is 1. The Kier molecular flexibility index (Phi) is 7.10. The van der Waals surface area contributed by atoms with Gasteiger partial charge in [-0.05, 0) is 35.6 Å². The molecule has 0 radical (unpaired) electrons. The lowest BCUT2D eigenvalue weighted by atomic mass is 10.1. The van der Waals surface area contributed by atoms with Crippen LogP contribution in [0.4, 0.5) is 0 Å². The van der Waals surface area contributed by atoms with E-state index in [2.05, 4.69) is 10.5 Å². The van der Waals surface area contributed by atoms with Gasteiger partial charge >= 0.3 is 0 Å². The summed E-state index contributed by atoms with van der Waals surface area (Å²) in [6.07, 6.45) is 2.27. The highest BCUT2D eigenvalue weighted by Gasteiger charge is 2.05. The fourth-order valence-electron chi connectivity index (χ4n) is 1.98. The van der Waals surface area contributed by atoms with Crippen LogP contribution in [0.15, 0.2) is 40.9 Å². The Bertz CT molecular complexity index is 671. The number of oxime groups is 1. The van der Waals surface area contributed by atoms with Crippen LogP contribution in [0.1, 0.15) is 10.4 Å². The molecule has 24 heavy (non-hydrogen) atoms. The molecular formula is C17H20N2O4S. The summed E-state index contributed by atoms with van der Waals surface area (Å²) in [5, 5.41) is 8.49. The molecule has 1 heterocycles. The lowest BCUT2D eigenvalue weighted by Crippen LogP contribution is -2.28. The van der Waals surface area contributed by atoms with Crippen LogP contribution < -0.4 is 14.8 Å². The summed E-state index contributed by atoms with van der Waals surface area (Å²) in [5.74, 6) is 1.15. The number of methoxy groups -OCH3 is 2. The van der Waals surface area contributed by atoms with E-state index in [0.717, 1.165) is 10.4 Å². The minimum atomic E-state index is -0.209. The van der Waals surface area contributed by atoms with Crippen LogP contribution >= 0.6 is 11.3 Å². The number of nitrogens with one attached hydrogen (secondary N) is 1. The third-order valence-electron chi connectivity index (χ3n) is 3.18. The Morgan fingerprint density at radius 1 is 1.25 bits per heavy atom. The fourth-order valence-corrected chi connectivity index (χ4v) is 2.56. The number of amides is 1. The molecule has 1 aromatic heterocycles. The van der Waals surface area contributed by atoms with Gasteiger partial charge in [-0.1, -0.05) is 17.3 Å². The molecule has 0 saturated carbocycles. The molecule has 6 nitrogen and oxygen atoms in total. The molecule has 7 heteroatoms. The first-order chi connectivity index (χ1) is 11.7. The minimum Gasteiger partial charge on any atom is -0.493 e. The zero-order valence-electron chi connectivity index (χ0n) is 13.7. The van der Waals surface area contributed by atoms with Crippen molar-refractivity contribution >= 4 is 23.5 Å². The number of thiophene rings is 1. The summed E-state index contributed by atoms with van der Waals surface area (Å²) >= 11 is 1.55. The molecule has 2 aromatic rings. The van der Waals surface area contributed by atoms with Crippen LogP contribution in [0.5, 0.6) is 11.5 Å². The number of benzene rings is 1. The van der Waals surface area contributed by atoms with Gasteiger partial charge in [0.1, 0.15) is 0 Å². The van der Waals surface area contributed by atoms with Gasteiger partial charge in [0.15, 0.2) is 18.1 Å². The Hall–Kier alpha value is -2.54. The Balaban J connectivity index is 1.68. The molecule has 1 aromatic carbocycles. The summed E-state index contributed by atoms with van der Waals surface area (Å²) in [7, 11) is 3.19. The van der Waals surface area contributed by atoms with Crippen LogP contribution in [0.3, 0.4) is 0 Å². The quantitative estimate of drug-likeness (QED) is 0.558. The average molecular weight is 348 g/mol.